The molecule has 1 aliphatic rings. The second-order valence-corrected chi connectivity index (χ2v) is 8.96. The van der Waals surface area contributed by atoms with Crippen molar-refractivity contribution in [2.24, 2.45) is 0 Å². The number of hydrogen-bond donors (Lipinski definition) is 3. The summed E-state index contributed by atoms with van der Waals surface area (Å²) >= 11 is 0. The monoisotopic (exact) mass is 417 g/mol. The van der Waals surface area contributed by atoms with Crippen molar-refractivity contribution in [3.63, 3.8) is 0 Å². The van der Waals surface area contributed by atoms with E-state index in [1.54, 1.807) is 18.2 Å². The fourth-order valence-electron chi connectivity index (χ4n) is 3.27. The van der Waals surface area contributed by atoms with Crippen LogP contribution in [0.1, 0.15) is 61.3 Å². The Hall–Kier alpha value is -3.48. The third-order valence-corrected chi connectivity index (χ3v) is 5.29. The Balaban J connectivity index is 1.33. The van der Waals surface area contributed by atoms with Crippen LogP contribution in [0.3, 0.4) is 0 Å². The van der Waals surface area contributed by atoms with E-state index in [0.717, 1.165) is 29.8 Å². The fourth-order valence-corrected chi connectivity index (χ4v) is 3.27. The fraction of sp³-hybridized carbons (Fsp3) is 0.333. The number of hydrogen-bond acceptors (Lipinski definition) is 4. The number of nitrogens with one attached hydrogen (secondary N) is 3. The Kier molecular flexibility index (Phi) is 5.59. The van der Waals surface area contributed by atoms with Gasteiger partial charge in [0.05, 0.1) is 6.54 Å². The summed E-state index contributed by atoms with van der Waals surface area (Å²) < 4.78 is 0. The van der Waals surface area contributed by atoms with E-state index in [0.29, 0.717) is 23.0 Å². The van der Waals surface area contributed by atoms with Crippen molar-refractivity contribution in [3.8, 4) is 11.4 Å². The van der Waals surface area contributed by atoms with Crippen LogP contribution in [0.5, 0.6) is 0 Å². The molecule has 2 aromatic carbocycles. The maximum absolute atomic E-state index is 12.4. The van der Waals surface area contributed by atoms with Crippen molar-refractivity contribution in [2.45, 2.75) is 44.9 Å². The Bertz CT molecular complexity index is 1090. The lowest BCUT2D eigenvalue weighted by molar-refractivity contribution is -0.115. The van der Waals surface area contributed by atoms with Gasteiger partial charge in [-0.1, -0.05) is 45.0 Å². The lowest BCUT2D eigenvalue weighted by atomic mass is 9.87. The highest BCUT2D eigenvalue weighted by Crippen LogP contribution is 2.38. The Morgan fingerprint density at radius 1 is 1.10 bits per heavy atom. The van der Waals surface area contributed by atoms with Crippen LogP contribution in [0.2, 0.25) is 0 Å². The molecule has 0 aliphatic heterocycles. The number of anilines is 1. The van der Waals surface area contributed by atoms with Crippen LogP contribution in [0, 0.1) is 0 Å². The van der Waals surface area contributed by atoms with Gasteiger partial charge < -0.3 is 10.6 Å². The second-order valence-electron chi connectivity index (χ2n) is 8.96. The van der Waals surface area contributed by atoms with Gasteiger partial charge in [-0.3, -0.25) is 14.7 Å². The molecule has 3 N–H and O–H groups in total. The summed E-state index contributed by atoms with van der Waals surface area (Å²) in [7, 11) is 0. The van der Waals surface area contributed by atoms with Gasteiger partial charge in [0, 0.05) is 22.7 Å². The summed E-state index contributed by atoms with van der Waals surface area (Å²) in [5.41, 5.74) is 3.15. The molecule has 1 saturated carbocycles. The Morgan fingerprint density at radius 2 is 1.84 bits per heavy atom. The molecule has 7 nitrogen and oxygen atoms in total. The molecule has 0 atom stereocenters. The predicted octanol–water partition coefficient (Wildman–Crippen LogP) is 4.02. The van der Waals surface area contributed by atoms with Crippen molar-refractivity contribution < 1.29 is 9.59 Å². The smallest absolute Gasteiger partial charge is 0.251 e. The topological polar surface area (TPSA) is 99.8 Å². The summed E-state index contributed by atoms with van der Waals surface area (Å²) in [4.78, 5) is 29.2. The Labute approximate surface area is 181 Å². The molecule has 1 aromatic heterocycles. The van der Waals surface area contributed by atoms with Crippen molar-refractivity contribution >= 4 is 17.5 Å². The zero-order valence-electron chi connectivity index (χ0n) is 18.0. The van der Waals surface area contributed by atoms with E-state index in [9.17, 15) is 9.59 Å². The van der Waals surface area contributed by atoms with Gasteiger partial charge in [0.1, 0.15) is 5.82 Å². The van der Waals surface area contributed by atoms with Gasteiger partial charge in [-0.15, -0.1) is 0 Å². The number of nitrogens with zero attached hydrogens (tertiary/aromatic N) is 2. The number of carbonyl (C=O) groups is 2. The molecule has 1 heterocycles. The molecule has 3 aromatic rings. The molecule has 0 spiro atoms. The molecule has 1 aliphatic carbocycles. The van der Waals surface area contributed by atoms with Crippen LogP contribution in [0.15, 0.2) is 48.5 Å². The lowest BCUT2D eigenvalue weighted by Gasteiger charge is -2.19. The molecule has 0 bridgehead atoms. The SMILES string of the molecule is CC(C)(C)c1ccc(C(=O)NCC(=O)Nc2cccc(-c3n[nH]c(C4CC4)n3)c2)cc1. The van der Waals surface area contributed by atoms with E-state index in [1.165, 1.54) is 0 Å². The minimum absolute atomic E-state index is 0.0222. The third-order valence-electron chi connectivity index (χ3n) is 5.29. The third kappa shape index (κ3) is 5.17. The maximum atomic E-state index is 12.4. The van der Waals surface area contributed by atoms with Crippen LogP contribution < -0.4 is 10.6 Å². The largest absolute Gasteiger partial charge is 0.343 e. The zero-order valence-corrected chi connectivity index (χ0v) is 18.0. The number of H-pyrrole nitrogens is 1. The standard InChI is InChI=1S/C24H27N5O2/c1-24(2,3)18-11-9-16(10-12-18)23(31)25-14-20(30)26-19-6-4-5-17(13-19)22-27-21(28-29-22)15-7-8-15/h4-6,9-13,15H,7-8,14H2,1-3H3,(H,25,31)(H,26,30)(H,27,28,29). The summed E-state index contributed by atoms with van der Waals surface area (Å²) in [5, 5.41) is 12.7. The van der Waals surface area contributed by atoms with E-state index in [-0.39, 0.29) is 23.8 Å². The molecule has 1 fully saturated rings. The highest BCUT2D eigenvalue weighted by Gasteiger charge is 2.27. The molecule has 0 unspecified atom stereocenters. The van der Waals surface area contributed by atoms with Crippen molar-refractivity contribution in [1.82, 2.24) is 20.5 Å². The van der Waals surface area contributed by atoms with Gasteiger partial charge in [-0.25, -0.2) is 4.98 Å². The molecule has 31 heavy (non-hydrogen) atoms. The van der Waals surface area contributed by atoms with Crippen LogP contribution >= 0.6 is 0 Å². The van der Waals surface area contributed by atoms with E-state index >= 15 is 0 Å². The van der Waals surface area contributed by atoms with Crippen LogP contribution in [0.4, 0.5) is 5.69 Å². The van der Waals surface area contributed by atoms with Gasteiger partial charge in [0.2, 0.25) is 5.91 Å². The van der Waals surface area contributed by atoms with Crippen molar-refractivity contribution in [1.29, 1.82) is 0 Å². The number of rotatable bonds is 6. The van der Waals surface area contributed by atoms with Crippen LogP contribution in [-0.4, -0.2) is 33.5 Å². The number of amides is 2. The van der Waals surface area contributed by atoms with Gasteiger partial charge in [-0.2, -0.15) is 5.10 Å². The highest BCUT2D eigenvalue weighted by atomic mass is 16.2. The van der Waals surface area contributed by atoms with Gasteiger partial charge >= 0.3 is 0 Å². The summed E-state index contributed by atoms with van der Waals surface area (Å²) in [6.07, 6.45) is 2.30. The van der Waals surface area contributed by atoms with E-state index in [1.807, 2.05) is 30.3 Å². The summed E-state index contributed by atoms with van der Waals surface area (Å²) in [6.45, 7) is 6.25. The second kappa shape index (κ2) is 8.34. The first-order chi connectivity index (χ1) is 14.8. The van der Waals surface area contributed by atoms with E-state index in [2.05, 4.69) is 46.6 Å². The van der Waals surface area contributed by atoms with Crippen LogP contribution in [0.25, 0.3) is 11.4 Å². The van der Waals surface area contributed by atoms with E-state index in [4.69, 9.17) is 0 Å². The van der Waals surface area contributed by atoms with E-state index < -0.39 is 0 Å². The molecule has 160 valence electrons. The molecule has 0 radical (unpaired) electrons. The van der Waals surface area contributed by atoms with Gasteiger partial charge in [0.25, 0.3) is 5.91 Å². The van der Waals surface area contributed by atoms with Gasteiger partial charge in [0.15, 0.2) is 5.82 Å². The first kappa shape index (κ1) is 20.8. The predicted molar refractivity (Wildman–Crippen MR) is 120 cm³/mol. The number of aromatic amines is 1. The first-order valence-corrected chi connectivity index (χ1v) is 10.5. The zero-order chi connectivity index (χ0) is 22.0. The van der Waals surface area contributed by atoms with Gasteiger partial charge in [-0.05, 0) is 48.1 Å². The summed E-state index contributed by atoms with van der Waals surface area (Å²) in [5.74, 6) is 1.45. The molecule has 7 heteroatoms. The minimum Gasteiger partial charge on any atom is -0.343 e. The summed E-state index contributed by atoms with van der Waals surface area (Å²) in [6, 6.07) is 14.8. The molecular formula is C24H27N5O2. The lowest BCUT2D eigenvalue weighted by Crippen LogP contribution is -2.32. The first-order valence-electron chi connectivity index (χ1n) is 10.5. The molecule has 0 saturated heterocycles. The molecule has 2 amide bonds. The number of carbonyl (C=O) groups excluding carboxylic acids is 2. The quantitative estimate of drug-likeness (QED) is 0.564. The van der Waals surface area contributed by atoms with Crippen molar-refractivity contribution in [2.75, 3.05) is 11.9 Å². The number of aromatic nitrogens is 3. The minimum atomic E-state index is -0.300. The average molecular weight is 418 g/mol. The maximum Gasteiger partial charge on any atom is 0.251 e. The molecule has 4 rings (SSSR count). The average Bonchev–Trinajstić information content (AvgIpc) is 3.48. The normalized spacial score (nSPS) is 13.6. The van der Waals surface area contributed by atoms with Crippen molar-refractivity contribution in [3.05, 3.63) is 65.5 Å². The van der Waals surface area contributed by atoms with Crippen LogP contribution in [-0.2, 0) is 10.2 Å². The molecular weight excluding hydrogens is 390 g/mol. The Morgan fingerprint density at radius 3 is 2.52 bits per heavy atom. The highest BCUT2D eigenvalue weighted by molar-refractivity contribution is 5.99. The number of benzene rings is 2.